The lowest BCUT2D eigenvalue weighted by Crippen LogP contribution is -2.42. The fourth-order valence-electron chi connectivity index (χ4n) is 3.77. The first-order chi connectivity index (χ1) is 13.6. The number of hydrogen-bond acceptors (Lipinski definition) is 4. The SMILES string of the molecule is CCCCCCCOc1ccccc1NC(=O)OCCN1CCC(C)CC1C. The van der Waals surface area contributed by atoms with E-state index in [1.165, 1.54) is 38.5 Å². The number of carbonyl (C=O) groups excluding carboxylic acids is 1. The Morgan fingerprint density at radius 3 is 2.71 bits per heavy atom. The summed E-state index contributed by atoms with van der Waals surface area (Å²) in [5.74, 6) is 1.49. The van der Waals surface area contributed by atoms with Crippen LogP contribution in [0, 0.1) is 5.92 Å². The third-order valence-electron chi connectivity index (χ3n) is 5.52. The van der Waals surface area contributed by atoms with Crippen LogP contribution in [0.2, 0.25) is 0 Å². The number of para-hydroxylation sites is 2. The number of amides is 1. The molecule has 1 saturated heterocycles. The lowest BCUT2D eigenvalue weighted by Gasteiger charge is -2.36. The van der Waals surface area contributed by atoms with Gasteiger partial charge in [-0.05, 0) is 50.8 Å². The summed E-state index contributed by atoms with van der Waals surface area (Å²) < 4.78 is 11.3. The smallest absolute Gasteiger partial charge is 0.411 e. The quantitative estimate of drug-likeness (QED) is 0.492. The summed E-state index contributed by atoms with van der Waals surface area (Å²) in [6.07, 6.45) is 8.00. The van der Waals surface area contributed by atoms with E-state index in [4.69, 9.17) is 9.47 Å². The van der Waals surface area contributed by atoms with Crippen molar-refractivity contribution in [2.24, 2.45) is 5.92 Å². The van der Waals surface area contributed by atoms with Crippen LogP contribution in [0.5, 0.6) is 5.75 Å². The van der Waals surface area contributed by atoms with Gasteiger partial charge in [0.2, 0.25) is 0 Å². The average molecular weight is 391 g/mol. The van der Waals surface area contributed by atoms with Gasteiger partial charge in [-0.25, -0.2) is 4.79 Å². The first kappa shape index (κ1) is 22.5. The van der Waals surface area contributed by atoms with E-state index in [1.807, 2.05) is 24.3 Å². The molecule has 0 saturated carbocycles. The highest BCUT2D eigenvalue weighted by Crippen LogP contribution is 2.24. The molecule has 0 spiro atoms. The van der Waals surface area contributed by atoms with Gasteiger partial charge in [-0.2, -0.15) is 0 Å². The molecule has 0 aromatic heterocycles. The van der Waals surface area contributed by atoms with Crippen LogP contribution in [0.4, 0.5) is 10.5 Å². The summed E-state index contributed by atoms with van der Waals surface area (Å²) in [4.78, 5) is 14.6. The molecule has 2 unspecified atom stereocenters. The van der Waals surface area contributed by atoms with Crippen molar-refractivity contribution in [1.82, 2.24) is 4.90 Å². The van der Waals surface area contributed by atoms with Crippen molar-refractivity contribution in [1.29, 1.82) is 0 Å². The van der Waals surface area contributed by atoms with Gasteiger partial charge < -0.3 is 9.47 Å². The maximum atomic E-state index is 12.2. The number of likely N-dealkylation sites (tertiary alicyclic amines) is 1. The lowest BCUT2D eigenvalue weighted by atomic mass is 9.93. The number of benzene rings is 1. The first-order valence-electron chi connectivity index (χ1n) is 11.0. The molecule has 2 rings (SSSR count). The van der Waals surface area contributed by atoms with Gasteiger partial charge in [0.15, 0.2) is 0 Å². The monoisotopic (exact) mass is 390 g/mol. The molecule has 0 radical (unpaired) electrons. The van der Waals surface area contributed by atoms with Crippen LogP contribution in [-0.2, 0) is 4.74 Å². The van der Waals surface area contributed by atoms with Crippen molar-refractivity contribution < 1.29 is 14.3 Å². The number of nitrogens with one attached hydrogen (secondary N) is 1. The fraction of sp³-hybridized carbons (Fsp3) is 0.696. The number of ether oxygens (including phenoxy) is 2. The Morgan fingerprint density at radius 2 is 1.93 bits per heavy atom. The van der Waals surface area contributed by atoms with E-state index in [9.17, 15) is 4.79 Å². The van der Waals surface area contributed by atoms with Crippen LogP contribution in [0.25, 0.3) is 0 Å². The van der Waals surface area contributed by atoms with Crippen molar-refractivity contribution in [2.75, 3.05) is 31.6 Å². The molecule has 28 heavy (non-hydrogen) atoms. The summed E-state index contributed by atoms with van der Waals surface area (Å²) in [5.41, 5.74) is 0.668. The standard InChI is InChI=1S/C23H38N2O3/c1-4-5-6-7-10-16-27-22-12-9-8-11-21(22)24-23(26)28-17-15-25-14-13-19(2)18-20(25)3/h8-9,11-12,19-20H,4-7,10,13-18H2,1-3H3,(H,24,26). The zero-order chi connectivity index (χ0) is 20.2. The molecule has 0 bridgehead atoms. The fourth-order valence-corrected chi connectivity index (χ4v) is 3.77. The van der Waals surface area contributed by atoms with E-state index in [0.717, 1.165) is 25.4 Å². The highest BCUT2D eigenvalue weighted by atomic mass is 16.5. The van der Waals surface area contributed by atoms with E-state index >= 15 is 0 Å². The molecule has 1 aromatic carbocycles. The van der Waals surface area contributed by atoms with Gasteiger partial charge in [0.25, 0.3) is 0 Å². The predicted octanol–water partition coefficient (Wildman–Crippen LogP) is 5.70. The minimum atomic E-state index is -0.419. The molecule has 1 aliphatic rings. The van der Waals surface area contributed by atoms with Crippen LogP contribution in [0.1, 0.15) is 65.7 Å². The van der Waals surface area contributed by atoms with Gasteiger partial charge in [0, 0.05) is 12.6 Å². The van der Waals surface area contributed by atoms with Gasteiger partial charge in [0.05, 0.1) is 12.3 Å². The largest absolute Gasteiger partial charge is 0.491 e. The number of anilines is 1. The molecule has 158 valence electrons. The Hall–Kier alpha value is -1.75. The highest BCUT2D eigenvalue weighted by Gasteiger charge is 2.22. The number of rotatable bonds is 11. The van der Waals surface area contributed by atoms with E-state index in [1.54, 1.807) is 0 Å². The van der Waals surface area contributed by atoms with E-state index in [2.05, 4.69) is 31.0 Å². The molecule has 0 aliphatic carbocycles. The van der Waals surface area contributed by atoms with Crippen LogP contribution >= 0.6 is 0 Å². The normalized spacial score (nSPS) is 20.0. The molecule has 1 fully saturated rings. The number of unbranched alkanes of at least 4 members (excludes halogenated alkanes) is 4. The summed E-state index contributed by atoms with van der Waals surface area (Å²) >= 11 is 0. The number of carbonyl (C=O) groups is 1. The number of hydrogen-bond donors (Lipinski definition) is 1. The van der Waals surface area contributed by atoms with E-state index in [-0.39, 0.29) is 0 Å². The van der Waals surface area contributed by atoms with E-state index in [0.29, 0.717) is 30.7 Å². The van der Waals surface area contributed by atoms with Crippen molar-refractivity contribution >= 4 is 11.8 Å². The molecule has 1 N–H and O–H groups in total. The maximum absolute atomic E-state index is 12.2. The zero-order valence-electron chi connectivity index (χ0n) is 17.9. The zero-order valence-corrected chi connectivity index (χ0v) is 17.9. The minimum Gasteiger partial charge on any atom is -0.491 e. The highest BCUT2D eigenvalue weighted by molar-refractivity contribution is 5.86. The van der Waals surface area contributed by atoms with Gasteiger partial charge in [0.1, 0.15) is 12.4 Å². The second-order valence-electron chi connectivity index (χ2n) is 8.03. The third kappa shape index (κ3) is 8.09. The lowest BCUT2D eigenvalue weighted by molar-refractivity contribution is 0.0916. The molecule has 1 aromatic rings. The van der Waals surface area contributed by atoms with Crippen LogP contribution < -0.4 is 10.1 Å². The van der Waals surface area contributed by atoms with Crippen LogP contribution in [0.3, 0.4) is 0 Å². The minimum absolute atomic E-state index is 0.408. The Balaban J connectivity index is 1.70. The topological polar surface area (TPSA) is 50.8 Å². The first-order valence-corrected chi connectivity index (χ1v) is 11.0. The average Bonchev–Trinajstić information content (AvgIpc) is 2.67. The molecule has 1 heterocycles. The number of piperidine rings is 1. The summed E-state index contributed by atoms with van der Waals surface area (Å²) in [5, 5.41) is 2.82. The molecule has 1 amide bonds. The molecular weight excluding hydrogens is 352 g/mol. The Morgan fingerprint density at radius 1 is 1.14 bits per heavy atom. The second-order valence-corrected chi connectivity index (χ2v) is 8.03. The maximum Gasteiger partial charge on any atom is 0.411 e. The van der Waals surface area contributed by atoms with Crippen molar-refractivity contribution in [3.63, 3.8) is 0 Å². The van der Waals surface area contributed by atoms with Gasteiger partial charge in [-0.3, -0.25) is 10.2 Å². The summed E-state index contributed by atoms with van der Waals surface area (Å²) in [7, 11) is 0. The molecule has 1 aliphatic heterocycles. The van der Waals surface area contributed by atoms with Crippen molar-refractivity contribution in [3.05, 3.63) is 24.3 Å². The molecule has 5 nitrogen and oxygen atoms in total. The molecular formula is C23H38N2O3. The third-order valence-corrected chi connectivity index (χ3v) is 5.52. The summed E-state index contributed by atoms with van der Waals surface area (Å²) in [6.45, 7) is 9.73. The van der Waals surface area contributed by atoms with Crippen LogP contribution in [-0.4, -0.2) is 43.3 Å². The number of nitrogens with zero attached hydrogens (tertiary/aromatic N) is 1. The van der Waals surface area contributed by atoms with Gasteiger partial charge in [-0.15, -0.1) is 0 Å². The van der Waals surface area contributed by atoms with Crippen LogP contribution in [0.15, 0.2) is 24.3 Å². The van der Waals surface area contributed by atoms with E-state index < -0.39 is 6.09 Å². The van der Waals surface area contributed by atoms with Gasteiger partial charge in [-0.1, -0.05) is 51.7 Å². The Bertz CT molecular complexity index is 579. The Kier molecular flexibility index (Phi) is 10.2. The second kappa shape index (κ2) is 12.7. The summed E-state index contributed by atoms with van der Waals surface area (Å²) in [6, 6.07) is 8.10. The predicted molar refractivity (Wildman–Crippen MR) is 115 cm³/mol. The van der Waals surface area contributed by atoms with Crippen molar-refractivity contribution in [2.45, 2.75) is 71.8 Å². The van der Waals surface area contributed by atoms with Crippen molar-refractivity contribution in [3.8, 4) is 5.75 Å². The van der Waals surface area contributed by atoms with Gasteiger partial charge >= 0.3 is 6.09 Å². The molecule has 5 heteroatoms. The Labute approximate surface area is 170 Å². The molecule has 2 atom stereocenters.